The van der Waals surface area contributed by atoms with E-state index in [1.54, 1.807) is 24.4 Å². The number of carbonyl (C=O) groups excluding carboxylic acids is 2. The number of aryl methyl sites for hydroxylation is 1. The lowest BCUT2D eigenvalue weighted by Crippen LogP contribution is -2.18. The van der Waals surface area contributed by atoms with Crippen LogP contribution in [0.3, 0.4) is 0 Å². The second-order valence-corrected chi connectivity index (χ2v) is 6.84. The Morgan fingerprint density at radius 1 is 1.21 bits per heavy atom. The molecule has 2 aromatic carbocycles. The maximum absolute atomic E-state index is 12.6. The van der Waals surface area contributed by atoms with Crippen LogP contribution in [0, 0.1) is 0 Å². The van der Waals surface area contributed by atoms with E-state index in [1.165, 1.54) is 4.68 Å². The summed E-state index contributed by atoms with van der Waals surface area (Å²) in [7, 11) is 0. The van der Waals surface area contributed by atoms with Gasteiger partial charge in [0.2, 0.25) is 0 Å². The number of hydrogen-bond acceptors (Lipinski definition) is 4. The summed E-state index contributed by atoms with van der Waals surface area (Å²) in [5, 5.41) is 6.77. The Balaban J connectivity index is 1.73. The lowest BCUT2D eigenvalue weighted by Gasteiger charge is -2.09. The number of para-hydroxylation sites is 1. The molecule has 0 saturated heterocycles. The Morgan fingerprint density at radius 2 is 2.00 bits per heavy atom. The van der Waals surface area contributed by atoms with Crippen molar-refractivity contribution >= 4 is 33.4 Å². The molecule has 1 aromatic heterocycles. The summed E-state index contributed by atoms with van der Waals surface area (Å²) < 4.78 is 8.19. The molecule has 7 nitrogen and oxygen atoms in total. The summed E-state index contributed by atoms with van der Waals surface area (Å²) in [4.78, 5) is 24.2. The molecular formula is C20H19BrN4O3. The lowest BCUT2D eigenvalue weighted by atomic mass is 10.1. The molecule has 8 heteroatoms. The van der Waals surface area contributed by atoms with Crippen LogP contribution in [-0.2, 0) is 13.2 Å². The SMILES string of the molecule is CCn1cc(NC(=O)c2cccc(COc3ccccc3Br)c2)c(C(N)=O)n1. The van der Waals surface area contributed by atoms with E-state index in [2.05, 4.69) is 26.3 Å². The van der Waals surface area contributed by atoms with Crippen molar-refractivity contribution in [2.24, 2.45) is 5.73 Å². The first kappa shape index (κ1) is 19.6. The van der Waals surface area contributed by atoms with E-state index in [0.29, 0.717) is 18.7 Å². The summed E-state index contributed by atoms with van der Waals surface area (Å²) in [6.45, 7) is 2.74. The highest BCUT2D eigenvalue weighted by molar-refractivity contribution is 9.10. The van der Waals surface area contributed by atoms with Gasteiger partial charge in [0.05, 0.1) is 10.2 Å². The highest BCUT2D eigenvalue weighted by atomic mass is 79.9. The quantitative estimate of drug-likeness (QED) is 0.583. The monoisotopic (exact) mass is 442 g/mol. The van der Waals surface area contributed by atoms with Crippen LogP contribution in [0.15, 0.2) is 59.2 Å². The molecule has 0 bridgehead atoms. The Morgan fingerprint density at radius 3 is 2.71 bits per heavy atom. The predicted octanol–water partition coefficient (Wildman–Crippen LogP) is 3.60. The van der Waals surface area contributed by atoms with Crippen molar-refractivity contribution in [1.29, 1.82) is 0 Å². The van der Waals surface area contributed by atoms with E-state index in [1.807, 2.05) is 37.3 Å². The number of benzene rings is 2. The fourth-order valence-electron chi connectivity index (χ4n) is 2.58. The van der Waals surface area contributed by atoms with E-state index in [4.69, 9.17) is 10.5 Å². The number of primary amides is 1. The minimum absolute atomic E-state index is 0.0311. The summed E-state index contributed by atoms with van der Waals surface area (Å²) >= 11 is 3.44. The summed E-state index contributed by atoms with van der Waals surface area (Å²) in [5.74, 6) is -0.339. The number of anilines is 1. The molecule has 3 aromatic rings. The zero-order valence-electron chi connectivity index (χ0n) is 15.2. The number of ether oxygens (including phenoxy) is 1. The number of aromatic nitrogens is 2. The molecule has 2 amide bonds. The molecular weight excluding hydrogens is 424 g/mol. The van der Waals surface area contributed by atoms with Gasteiger partial charge in [-0.05, 0) is 52.7 Å². The minimum Gasteiger partial charge on any atom is -0.488 e. The number of nitrogens with two attached hydrogens (primary N) is 1. The highest BCUT2D eigenvalue weighted by Crippen LogP contribution is 2.25. The Bertz CT molecular complexity index is 1020. The van der Waals surface area contributed by atoms with Gasteiger partial charge in [-0.2, -0.15) is 5.10 Å². The second kappa shape index (κ2) is 8.71. The maximum Gasteiger partial charge on any atom is 0.271 e. The molecule has 28 heavy (non-hydrogen) atoms. The van der Waals surface area contributed by atoms with E-state index in [0.717, 1.165) is 15.8 Å². The average Bonchev–Trinajstić information content (AvgIpc) is 3.11. The number of nitrogens with zero attached hydrogens (tertiary/aromatic N) is 2. The van der Waals surface area contributed by atoms with E-state index in [9.17, 15) is 9.59 Å². The first-order valence-electron chi connectivity index (χ1n) is 8.62. The van der Waals surface area contributed by atoms with E-state index >= 15 is 0 Å². The molecule has 1 heterocycles. The average molecular weight is 443 g/mol. The van der Waals surface area contributed by atoms with Crippen LogP contribution in [-0.4, -0.2) is 21.6 Å². The molecule has 0 unspecified atom stereocenters. The Labute approximate surface area is 170 Å². The van der Waals surface area contributed by atoms with E-state index < -0.39 is 5.91 Å². The molecule has 0 aliphatic carbocycles. The third kappa shape index (κ3) is 4.58. The number of nitrogens with one attached hydrogen (secondary N) is 1. The van der Waals surface area contributed by atoms with Crippen molar-refractivity contribution in [3.63, 3.8) is 0 Å². The number of halogens is 1. The standard InChI is InChI=1S/C20H19BrN4O3/c1-2-25-11-16(18(24-25)19(22)26)23-20(27)14-7-5-6-13(10-14)12-28-17-9-4-3-8-15(17)21/h3-11H,2,12H2,1H3,(H2,22,26)(H,23,27). The molecule has 3 N–H and O–H groups in total. The second-order valence-electron chi connectivity index (χ2n) is 5.98. The van der Waals surface area contributed by atoms with E-state index in [-0.39, 0.29) is 17.3 Å². The number of hydrogen-bond donors (Lipinski definition) is 2. The summed E-state index contributed by atoms with van der Waals surface area (Å²) in [6.07, 6.45) is 1.58. The van der Waals surface area contributed by atoms with Gasteiger partial charge in [-0.25, -0.2) is 0 Å². The normalized spacial score (nSPS) is 10.5. The molecule has 3 rings (SSSR count). The van der Waals surface area contributed by atoms with Crippen LogP contribution in [0.25, 0.3) is 0 Å². The number of amides is 2. The van der Waals surface area contributed by atoms with Crippen LogP contribution in [0.4, 0.5) is 5.69 Å². The smallest absolute Gasteiger partial charge is 0.271 e. The lowest BCUT2D eigenvalue weighted by molar-refractivity contribution is 0.0995. The third-order valence-corrected chi connectivity index (χ3v) is 4.64. The first-order valence-corrected chi connectivity index (χ1v) is 9.42. The van der Waals surface area contributed by atoms with Gasteiger partial charge in [0.1, 0.15) is 12.4 Å². The molecule has 0 saturated carbocycles. The van der Waals surface area contributed by atoms with Gasteiger partial charge in [-0.15, -0.1) is 0 Å². The Kier molecular flexibility index (Phi) is 6.10. The molecule has 0 fully saturated rings. The molecule has 0 aliphatic rings. The number of carbonyl (C=O) groups is 2. The maximum atomic E-state index is 12.6. The predicted molar refractivity (Wildman–Crippen MR) is 109 cm³/mol. The van der Waals surface area contributed by atoms with Gasteiger partial charge in [-0.1, -0.05) is 24.3 Å². The topological polar surface area (TPSA) is 99.2 Å². The van der Waals surface area contributed by atoms with Crippen molar-refractivity contribution in [1.82, 2.24) is 9.78 Å². The Hall–Kier alpha value is -3.13. The van der Waals surface area contributed by atoms with Crippen molar-refractivity contribution in [2.45, 2.75) is 20.1 Å². The first-order chi connectivity index (χ1) is 13.5. The van der Waals surface area contributed by atoms with Gasteiger partial charge in [0.25, 0.3) is 11.8 Å². The molecule has 0 atom stereocenters. The van der Waals surface area contributed by atoms with Gasteiger partial charge >= 0.3 is 0 Å². The van der Waals surface area contributed by atoms with Crippen molar-refractivity contribution < 1.29 is 14.3 Å². The number of rotatable bonds is 7. The highest BCUT2D eigenvalue weighted by Gasteiger charge is 2.17. The summed E-state index contributed by atoms with van der Waals surface area (Å²) in [5.41, 5.74) is 6.93. The largest absolute Gasteiger partial charge is 0.488 e. The van der Waals surface area contributed by atoms with Gasteiger partial charge in [-0.3, -0.25) is 14.3 Å². The molecule has 144 valence electrons. The minimum atomic E-state index is -0.696. The van der Waals surface area contributed by atoms with Crippen molar-refractivity contribution in [3.05, 3.63) is 76.0 Å². The molecule has 0 aliphatic heterocycles. The molecule has 0 spiro atoms. The van der Waals surface area contributed by atoms with Gasteiger partial charge in [0, 0.05) is 18.3 Å². The van der Waals surface area contributed by atoms with Crippen LogP contribution < -0.4 is 15.8 Å². The fourth-order valence-corrected chi connectivity index (χ4v) is 2.98. The zero-order valence-corrected chi connectivity index (χ0v) is 16.8. The summed E-state index contributed by atoms with van der Waals surface area (Å²) in [6, 6.07) is 14.6. The van der Waals surface area contributed by atoms with Crippen molar-refractivity contribution in [3.8, 4) is 5.75 Å². The zero-order chi connectivity index (χ0) is 20.1. The third-order valence-electron chi connectivity index (χ3n) is 3.99. The van der Waals surface area contributed by atoms with Crippen molar-refractivity contribution in [2.75, 3.05) is 5.32 Å². The van der Waals surface area contributed by atoms with Gasteiger partial charge < -0.3 is 15.8 Å². The molecule has 0 radical (unpaired) electrons. The van der Waals surface area contributed by atoms with Crippen LogP contribution in [0.2, 0.25) is 0 Å². The van der Waals surface area contributed by atoms with Crippen LogP contribution >= 0.6 is 15.9 Å². The van der Waals surface area contributed by atoms with Crippen LogP contribution in [0.5, 0.6) is 5.75 Å². The van der Waals surface area contributed by atoms with Crippen LogP contribution in [0.1, 0.15) is 33.3 Å². The van der Waals surface area contributed by atoms with Gasteiger partial charge in [0.15, 0.2) is 5.69 Å². The fraction of sp³-hybridized carbons (Fsp3) is 0.150.